The van der Waals surface area contributed by atoms with Gasteiger partial charge in [-0.2, -0.15) is 0 Å². The first-order chi connectivity index (χ1) is 20.0. The molecule has 4 rings (SSSR count). The van der Waals surface area contributed by atoms with E-state index in [0.717, 1.165) is 28.0 Å². The van der Waals surface area contributed by atoms with Crippen LogP contribution in [0.2, 0.25) is 5.02 Å². The number of morpholine rings is 1. The van der Waals surface area contributed by atoms with Gasteiger partial charge in [0.25, 0.3) is 11.8 Å². The van der Waals surface area contributed by atoms with Crippen molar-refractivity contribution in [2.75, 3.05) is 32.8 Å². The maximum Gasteiger partial charge on any atom is 0.410 e. The van der Waals surface area contributed by atoms with E-state index in [1.807, 2.05) is 33.8 Å². The van der Waals surface area contributed by atoms with Crippen LogP contribution in [-0.4, -0.2) is 72.3 Å². The first-order valence-electron chi connectivity index (χ1n) is 13.6. The fraction of sp³-hybridized carbons (Fsp3) is 0.448. The molecule has 1 saturated heterocycles. The average Bonchev–Trinajstić information content (AvgIpc) is 2.95. The van der Waals surface area contributed by atoms with Gasteiger partial charge < -0.3 is 29.7 Å². The number of amides is 3. The highest BCUT2D eigenvalue weighted by atomic mass is 35.5. The summed E-state index contributed by atoms with van der Waals surface area (Å²) in [6.45, 7) is 9.43. The summed E-state index contributed by atoms with van der Waals surface area (Å²) >= 11 is 7.30. The third-order valence-corrected chi connectivity index (χ3v) is 7.82. The molecule has 2 aromatic rings. The van der Waals surface area contributed by atoms with Gasteiger partial charge in [0, 0.05) is 53.4 Å². The van der Waals surface area contributed by atoms with Gasteiger partial charge >= 0.3 is 6.09 Å². The molecule has 0 bridgehead atoms. The van der Waals surface area contributed by atoms with E-state index in [1.165, 1.54) is 0 Å². The van der Waals surface area contributed by atoms with Gasteiger partial charge in [-0.05, 0) is 63.4 Å². The van der Waals surface area contributed by atoms with E-state index in [9.17, 15) is 14.4 Å². The van der Waals surface area contributed by atoms with Gasteiger partial charge in [-0.3, -0.25) is 19.3 Å². The van der Waals surface area contributed by atoms with Crippen molar-refractivity contribution in [1.29, 1.82) is 0 Å². The number of nitrogens with zero attached hydrogens (tertiary/aromatic N) is 2. The Hall–Kier alpha value is -3.48. The third-order valence-electron chi connectivity index (χ3n) is 6.47. The Morgan fingerprint density at radius 3 is 2.88 bits per heavy atom. The largest absolute Gasteiger partial charge is 0.489 e. The molecule has 2 aliphatic heterocycles. The lowest BCUT2D eigenvalue weighted by Crippen LogP contribution is -2.49. The van der Waals surface area contributed by atoms with Gasteiger partial charge in [0.2, 0.25) is 0 Å². The van der Waals surface area contributed by atoms with Gasteiger partial charge in [-0.25, -0.2) is 4.79 Å². The number of pyridine rings is 1. The zero-order valence-electron chi connectivity index (χ0n) is 24.1. The minimum atomic E-state index is -0.581. The van der Waals surface area contributed by atoms with Crippen LogP contribution in [0.15, 0.2) is 52.8 Å². The molecule has 0 aliphatic carbocycles. The molecule has 42 heavy (non-hydrogen) atoms. The molecule has 3 N–H and O–H groups in total. The van der Waals surface area contributed by atoms with E-state index in [2.05, 4.69) is 20.3 Å². The molecular formula is C29H36ClN5O6S. The van der Waals surface area contributed by atoms with Crippen molar-refractivity contribution in [3.05, 3.63) is 64.1 Å². The maximum absolute atomic E-state index is 13.1. The van der Waals surface area contributed by atoms with Crippen LogP contribution in [0.1, 0.15) is 38.3 Å². The molecule has 11 nitrogen and oxygen atoms in total. The van der Waals surface area contributed by atoms with Crippen molar-refractivity contribution >= 4 is 41.5 Å². The molecule has 1 fully saturated rings. The molecule has 0 spiro atoms. The fourth-order valence-electron chi connectivity index (χ4n) is 4.30. The van der Waals surface area contributed by atoms with Crippen molar-refractivity contribution in [2.45, 2.75) is 57.3 Å². The van der Waals surface area contributed by atoms with Crippen molar-refractivity contribution in [2.24, 2.45) is 0 Å². The average molecular weight is 618 g/mol. The van der Waals surface area contributed by atoms with Gasteiger partial charge in [0.15, 0.2) is 0 Å². The van der Waals surface area contributed by atoms with Crippen LogP contribution in [0.5, 0.6) is 5.75 Å². The Labute approximate surface area is 254 Å². The van der Waals surface area contributed by atoms with Crippen molar-refractivity contribution in [3.8, 4) is 5.75 Å². The van der Waals surface area contributed by atoms with Gasteiger partial charge in [0.1, 0.15) is 29.6 Å². The lowest BCUT2D eigenvalue weighted by molar-refractivity contribution is -0.123. The summed E-state index contributed by atoms with van der Waals surface area (Å²) in [7, 11) is 0. The summed E-state index contributed by atoms with van der Waals surface area (Å²) < 4.78 is 20.1. The molecular weight excluding hydrogens is 582 g/mol. The summed E-state index contributed by atoms with van der Waals surface area (Å²) in [5, 5.41) is 6.59. The van der Waals surface area contributed by atoms with E-state index in [-0.39, 0.29) is 24.4 Å². The number of rotatable bonds is 9. The molecule has 13 heteroatoms. The minimum absolute atomic E-state index is 0.0304. The Morgan fingerprint density at radius 1 is 1.29 bits per heavy atom. The molecule has 3 amide bonds. The summed E-state index contributed by atoms with van der Waals surface area (Å²) in [5.74, 6) is -0.420. The van der Waals surface area contributed by atoms with Crippen LogP contribution in [0, 0.1) is 6.92 Å². The molecule has 1 aromatic heterocycles. The Bertz CT molecular complexity index is 1350. The molecule has 1 aromatic carbocycles. The zero-order chi connectivity index (χ0) is 30.3. The molecule has 2 aliphatic rings. The van der Waals surface area contributed by atoms with Crippen LogP contribution in [0.3, 0.4) is 0 Å². The van der Waals surface area contributed by atoms with Crippen molar-refractivity contribution < 1.29 is 28.6 Å². The summed E-state index contributed by atoms with van der Waals surface area (Å²) in [5.41, 5.74) is 1.61. The summed E-state index contributed by atoms with van der Waals surface area (Å²) in [6.07, 6.45) is 2.99. The predicted molar refractivity (Wildman–Crippen MR) is 159 cm³/mol. The second-order valence-corrected chi connectivity index (χ2v) is 12.1. The second-order valence-electron chi connectivity index (χ2n) is 10.8. The van der Waals surface area contributed by atoms with Crippen LogP contribution in [0.25, 0.3) is 0 Å². The summed E-state index contributed by atoms with van der Waals surface area (Å²) in [6, 6.07) is 7.23. The Balaban J connectivity index is 1.38. The highest BCUT2D eigenvalue weighted by Gasteiger charge is 2.29. The summed E-state index contributed by atoms with van der Waals surface area (Å²) in [4.78, 5) is 44.9. The minimum Gasteiger partial charge on any atom is -0.489 e. The normalized spacial score (nSPS) is 17.4. The van der Waals surface area contributed by atoms with E-state index in [0.29, 0.717) is 55.7 Å². The van der Waals surface area contributed by atoms with Crippen LogP contribution in [0.4, 0.5) is 4.79 Å². The van der Waals surface area contributed by atoms with Crippen molar-refractivity contribution in [1.82, 2.24) is 25.2 Å². The number of aromatic nitrogens is 1. The first-order valence-corrected chi connectivity index (χ1v) is 14.8. The molecule has 226 valence electrons. The quantitative estimate of drug-likeness (QED) is 0.284. The first kappa shape index (κ1) is 31.5. The number of benzene rings is 1. The molecule has 0 unspecified atom stereocenters. The molecule has 0 saturated carbocycles. The topological polar surface area (TPSA) is 131 Å². The van der Waals surface area contributed by atoms with Crippen LogP contribution in [-0.2, 0) is 25.6 Å². The highest BCUT2D eigenvalue weighted by molar-refractivity contribution is 7.98. The number of carbonyl (C=O) groups is 3. The van der Waals surface area contributed by atoms with Crippen molar-refractivity contribution in [3.63, 3.8) is 0 Å². The number of halogens is 1. The smallest absolute Gasteiger partial charge is 0.410 e. The SMILES string of the molecule is Cc1c(Cl)cccc1SNC(=O)C1=C(NCc2ccncc2OC[C@@H]2CN(C(=O)OC(C)(C)C)CCO2)CCNC1=O. The Kier molecular flexibility index (Phi) is 10.6. The maximum atomic E-state index is 13.1. The zero-order valence-corrected chi connectivity index (χ0v) is 25.7. The van der Waals surface area contributed by atoms with E-state index in [1.54, 1.807) is 35.5 Å². The van der Waals surface area contributed by atoms with E-state index < -0.39 is 17.4 Å². The lowest BCUT2D eigenvalue weighted by atomic mass is 10.1. The lowest BCUT2D eigenvalue weighted by Gasteiger charge is -2.34. The number of ether oxygens (including phenoxy) is 3. The number of hydrogen-bond acceptors (Lipinski definition) is 9. The van der Waals surface area contributed by atoms with Gasteiger partial charge in [-0.1, -0.05) is 17.7 Å². The van der Waals surface area contributed by atoms with E-state index >= 15 is 0 Å². The molecule has 3 heterocycles. The molecule has 0 radical (unpaired) electrons. The van der Waals surface area contributed by atoms with E-state index in [4.69, 9.17) is 25.8 Å². The predicted octanol–water partition coefficient (Wildman–Crippen LogP) is 3.75. The Morgan fingerprint density at radius 2 is 2.10 bits per heavy atom. The highest BCUT2D eigenvalue weighted by Crippen LogP contribution is 2.26. The monoisotopic (exact) mass is 617 g/mol. The van der Waals surface area contributed by atoms with Crippen LogP contribution >= 0.6 is 23.5 Å². The number of nitrogens with one attached hydrogen (secondary N) is 3. The number of carbonyl (C=O) groups excluding carboxylic acids is 3. The molecule has 1 atom stereocenters. The third kappa shape index (κ3) is 8.52. The second kappa shape index (κ2) is 14.1. The van der Waals surface area contributed by atoms with Gasteiger partial charge in [-0.15, -0.1) is 0 Å². The fourth-order valence-corrected chi connectivity index (χ4v) is 5.25. The van der Waals surface area contributed by atoms with Crippen LogP contribution < -0.4 is 20.1 Å². The van der Waals surface area contributed by atoms with Gasteiger partial charge in [0.05, 0.1) is 19.3 Å². The number of hydrogen-bond donors (Lipinski definition) is 3. The standard InChI is InChI=1S/C29H36ClN5O6S/c1-18-21(30)6-5-7-24(18)42-34-27(37)25-22(9-11-32-26(25)36)33-14-19-8-10-31-15-23(19)40-17-20-16-35(12-13-39-20)28(38)41-29(2,3)4/h5-8,10,15,20,33H,9,11-14,16-17H2,1-4H3,(H,32,36)(H,34,37)/t20-/m0/s1.